The van der Waals surface area contributed by atoms with Gasteiger partial charge in [0.1, 0.15) is 0 Å². The van der Waals surface area contributed by atoms with E-state index in [9.17, 15) is 13.6 Å². The van der Waals surface area contributed by atoms with Crippen LogP contribution in [-0.2, 0) is 0 Å². The van der Waals surface area contributed by atoms with Crippen LogP contribution in [0.25, 0.3) is 0 Å². The maximum Gasteiger partial charge on any atom is 0.173 e. The van der Waals surface area contributed by atoms with Crippen LogP contribution in [0.4, 0.5) is 8.78 Å². The number of hydrogen-bond donors (Lipinski definition) is 1. The first kappa shape index (κ1) is 11.2. The van der Waals surface area contributed by atoms with Gasteiger partial charge in [-0.1, -0.05) is 6.07 Å². The fourth-order valence-electron chi connectivity index (χ4n) is 1.78. The molecule has 0 amide bonds. The second-order valence-electron chi connectivity index (χ2n) is 4.37. The largest absolute Gasteiger partial charge is 0.329 e. The molecule has 0 atom stereocenters. The number of aryl methyl sites for hydroxylation is 1. The monoisotopic (exact) mass is 225 g/mol. The van der Waals surface area contributed by atoms with Crippen molar-refractivity contribution in [3.05, 3.63) is 34.9 Å². The third-order valence-corrected chi connectivity index (χ3v) is 3.25. The maximum atomic E-state index is 13.6. The zero-order chi connectivity index (χ0) is 11.9. The van der Waals surface area contributed by atoms with Crippen LogP contribution >= 0.6 is 0 Å². The Hall–Kier alpha value is -1.29. The SMILES string of the molecule is Cc1ccc(C(=O)C2(CN)CC2)c(F)c1F. The average molecular weight is 225 g/mol. The number of carbonyl (C=O) groups is 1. The van der Waals surface area contributed by atoms with E-state index >= 15 is 0 Å². The lowest BCUT2D eigenvalue weighted by Gasteiger charge is -2.12. The molecule has 1 aliphatic carbocycles. The minimum Gasteiger partial charge on any atom is -0.329 e. The normalized spacial score (nSPS) is 17.2. The molecule has 1 aromatic rings. The Morgan fingerprint density at radius 3 is 2.50 bits per heavy atom. The molecule has 0 aromatic heterocycles. The molecule has 1 fully saturated rings. The van der Waals surface area contributed by atoms with Gasteiger partial charge >= 0.3 is 0 Å². The van der Waals surface area contributed by atoms with E-state index in [1.807, 2.05) is 0 Å². The highest BCUT2D eigenvalue weighted by Crippen LogP contribution is 2.47. The van der Waals surface area contributed by atoms with E-state index in [0.29, 0.717) is 12.8 Å². The van der Waals surface area contributed by atoms with E-state index in [0.717, 1.165) is 0 Å². The van der Waals surface area contributed by atoms with Crippen LogP contribution in [-0.4, -0.2) is 12.3 Å². The van der Waals surface area contributed by atoms with Gasteiger partial charge in [0.2, 0.25) is 0 Å². The van der Waals surface area contributed by atoms with Crippen molar-refractivity contribution in [2.24, 2.45) is 11.1 Å². The Balaban J connectivity index is 2.42. The van der Waals surface area contributed by atoms with Crippen LogP contribution in [0.3, 0.4) is 0 Å². The van der Waals surface area contributed by atoms with Crippen molar-refractivity contribution in [3.63, 3.8) is 0 Å². The molecule has 0 aliphatic heterocycles. The summed E-state index contributed by atoms with van der Waals surface area (Å²) in [5.74, 6) is -2.37. The summed E-state index contributed by atoms with van der Waals surface area (Å²) in [6.45, 7) is 1.66. The number of ketones is 1. The smallest absolute Gasteiger partial charge is 0.173 e. The van der Waals surface area contributed by atoms with Gasteiger partial charge in [-0.3, -0.25) is 4.79 Å². The van der Waals surface area contributed by atoms with Gasteiger partial charge in [0.25, 0.3) is 0 Å². The van der Waals surface area contributed by atoms with Crippen LogP contribution < -0.4 is 5.73 Å². The maximum absolute atomic E-state index is 13.6. The molecule has 0 heterocycles. The number of carbonyl (C=O) groups excluding carboxylic acids is 1. The lowest BCUT2D eigenvalue weighted by molar-refractivity contribution is 0.0900. The number of hydrogen-bond acceptors (Lipinski definition) is 2. The fraction of sp³-hybridized carbons (Fsp3) is 0.417. The average Bonchev–Trinajstić information content (AvgIpc) is 3.06. The molecule has 2 nitrogen and oxygen atoms in total. The summed E-state index contributed by atoms with van der Waals surface area (Å²) in [4.78, 5) is 12.0. The van der Waals surface area contributed by atoms with Crippen LogP contribution in [0.5, 0.6) is 0 Å². The van der Waals surface area contributed by atoms with Crippen molar-refractivity contribution >= 4 is 5.78 Å². The first-order chi connectivity index (χ1) is 7.52. The fourth-order valence-corrected chi connectivity index (χ4v) is 1.78. The molecule has 1 aliphatic rings. The van der Waals surface area contributed by atoms with Crippen molar-refractivity contribution < 1.29 is 13.6 Å². The van der Waals surface area contributed by atoms with Crippen LogP contribution in [0.15, 0.2) is 12.1 Å². The number of Topliss-reactive ketones (excluding diaryl/α,β-unsaturated/α-hetero) is 1. The Labute approximate surface area is 92.4 Å². The van der Waals surface area contributed by atoms with E-state index in [1.165, 1.54) is 19.1 Å². The molecule has 1 aromatic carbocycles. The van der Waals surface area contributed by atoms with E-state index in [4.69, 9.17) is 5.73 Å². The summed E-state index contributed by atoms with van der Waals surface area (Å²) in [6, 6.07) is 2.75. The summed E-state index contributed by atoms with van der Waals surface area (Å²) in [6.07, 6.45) is 1.33. The molecule has 2 N–H and O–H groups in total. The van der Waals surface area contributed by atoms with Crippen LogP contribution in [0, 0.1) is 24.0 Å². The third-order valence-electron chi connectivity index (χ3n) is 3.25. The third kappa shape index (κ3) is 1.53. The second-order valence-corrected chi connectivity index (χ2v) is 4.37. The van der Waals surface area contributed by atoms with Crippen molar-refractivity contribution in [2.45, 2.75) is 19.8 Å². The lowest BCUT2D eigenvalue weighted by Crippen LogP contribution is -2.26. The Morgan fingerprint density at radius 2 is 2.00 bits per heavy atom. The predicted molar refractivity (Wildman–Crippen MR) is 56.1 cm³/mol. The topological polar surface area (TPSA) is 43.1 Å². The summed E-state index contributed by atoms with van der Waals surface area (Å²) in [7, 11) is 0. The first-order valence-electron chi connectivity index (χ1n) is 5.21. The van der Waals surface area contributed by atoms with E-state index < -0.39 is 17.0 Å². The highest BCUT2D eigenvalue weighted by atomic mass is 19.2. The van der Waals surface area contributed by atoms with Crippen molar-refractivity contribution in [2.75, 3.05) is 6.54 Å². The van der Waals surface area contributed by atoms with Crippen molar-refractivity contribution in [1.82, 2.24) is 0 Å². The molecule has 0 unspecified atom stereocenters. The molecule has 16 heavy (non-hydrogen) atoms. The van der Waals surface area contributed by atoms with Crippen molar-refractivity contribution in [1.29, 1.82) is 0 Å². The molecule has 1 saturated carbocycles. The predicted octanol–water partition coefficient (Wildman–Crippen LogP) is 2.19. The quantitative estimate of drug-likeness (QED) is 0.801. The molecule has 0 radical (unpaired) electrons. The molecule has 4 heteroatoms. The van der Waals surface area contributed by atoms with Crippen LogP contribution in [0.1, 0.15) is 28.8 Å². The Kier molecular flexibility index (Phi) is 2.54. The van der Waals surface area contributed by atoms with Gasteiger partial charge in [0, 0.05) is 12.0 Å². The molecule has 0 saturated heterocycles. The first-order valence-corrected chi connectivity index (χ1v) is 5.21. The Morgan fingerprint density at radius 1 is 1.38 bits per heavy atom. The van der Waals surface area contributed by atoms with E-state index in [1.54, 1.807) is 0 Å². The van der Waals surface area contributed by atoms with Gasteiger partial charge in [-0.2, -0.15) is 0 Å². The number of nitrogens with two attached hydrogens (primary N) is 1. The summed E-state index contributed by atoms with van der Waals surface area (Å²) < 4.78 is 26.9. The number of halogens is 2. The zero-order valence-corrected chi connectivity index (χ0v) is 9.02. The highest BCUT2D eigenvalue weighted by molar-refractivity contribution is 6.02. The number of benzene rings is 1. The number of rotatable bonds is 3. The van der Waals surface area contributed by atoms with E-state index in [-0.39, 0.29) is 23.5 Å². The minimum atomic E-state index is -1.05. The highest BCUT2D eigenvalue weighted by Gasteiger charge is 2.49. The molecule has 2 rings (SSSR count). The molecule has 0 bridgehead atoms. The summed E-state index contributed by atoms with van der Waals surface area (Å²) >= 11 is 0. The van der Waals surface area contributed by atoms with Gasteiger partial charge in [-0.05, 0) is 31.4 Å². The summed E-state index contributed by atoms with van der Waals surface area (Å²) in [5, 5.41) is 0. The van der Waals surface area contributed by atoms with Gasteiger partial charge in [0.05, 0.1) is 5.56 Å². The Bertz CT molecular complexity index is 453. The second kappa shape index (κ2) is 3.63. The minimum absolute atomic E-state index is 0.175. The zero-order valence-electron chi connectivity index (χ0n) is 9.02. The molecular formula is C12H13F2NO. The molecule has 0 spiro atoms. The van der Waals surface area contributed by atoms with Crippen molar-refractivity contribution in [3.8, 4) is 0 Å². The van der Waals surface area contributed by atoms with Gasteiger partial charge in [-0.25, -0.2) is 8.78 Å². The molecular weight excluding hydrogens is 212 g/mol. The van der Waals surface area contributed by atoms with Gasteiger partial charge in [0.15, 0.2) is 17.4 Å². The summed E-state index contributed by atoms with van der Waals surface area (Å²) in [5.41, 5.74) is 4.88. The van der Waals surface area contributed by atoms with Gasteiger partial charge < -0.3 is 5.73 Å². The lowest BCUT2D eigenvalue weighted by atomic mass is 9.93. The van der Waals surface area contributed by atoms with E-state index in [2.05, 4.69) is 0 Å². The molecule has 86 valence electrons. The van der Waals surface area contributed by atoms with Crippen LogP contribution in [0.2, 0.25) is 0 Å². The standard InChI is InChI=1S/C12H13F2NO/c1-7-2-3-8(10(14)9(7)13)11(16)12(6-15)4-5-12/h2-3H,4-6,15H2,1H3. The van der Waals surface area contributed by atoms with Gasteiger partial charge in [-0.15, -0.1) is 0 Å².